The number of nitrogens with one attached hydrogen (secondary N) is 1. The van der Waals surface area contributed by atoms with E-state index in [1.165, 1.54) is 0 Å². The van der Waals surface area contributed by atoms with Crippen molar-refractivity contribution in [3.05, 3.63) is 0 Å². The van der Waals surface area contributed by atoms with Crippen molar-refractivity contribution >= 4 is 23.1 Å². The summed E-state index contributed by atoms with van der Waals surface area (Å²) in [5, 5.41) is 2.83. The van der Waals surface area contributed by atoms with E-state index < -0.39 is 0 Å². The molecule has 0 spiro atoms. The molecular weight excluding hydrogens is 276 g/mol. The molecule has 116 valence electrons. The van der Waals surface area contributed by atoms with Crippen LogP contribution in [0.2, 0.25) is 0 Å². The van der Waals surface area contributed by atoms with Crippen molar-refractivity contribution in [3.8, 4) is 0 Å². The Morgan fingerprint density at radius 2 is 1.95 bits per heavy atom. The Kier molecular flexibility index (Phi) is 6.81. The molecule has 0 bridgehead atoms. The van der Waals surface area contributed by atoms with Crippen molar-refractivity contribution in [2.45, 2.75) is 19.4 Å². The smallest absolute Gasteiger partial charge is 0.234 e. The lowest BCUT2D eigenvalue weighted by molar-refractivity contribution is -0.122. The number of nitrogens with zero attached hydrogens (tertiary/aromatic N) is 2. The highest BCUT2D eigenvalue weighted by atomic mass is 32.1. The summed E-state index contributed by atoms with van der Waals surface area (Å²) >= 11 is 5.12. The average molecular weight is 302 g/mol. The zero-order valence-corrected chi connectivity index (χ0v) is 13.5. The molecule has 0 radical (unpaired) electrons. The molecule has 1 saturated heterocycles. The maximum atomic E-state index is 11.7. The monoisotopic (exact) mass is 302 g/mol. The van der Waals surface area contributed by atoms with Crippen LogP contribution in [0, 0.1) is 0 Å². The fraction of sp³-hybridized carbons (Fsp3) is 0.846. The van der Waals surface area contributed by atoms with Gasteiger partial charge in [-0.3, -0.25) is 14.6 Å². The van der Waals surface area contributed by atoms with Crippen LogP contribution in [-0.2, 0) is 9.53 Å². The van der Waals surface area contributed by atoms with Crippen LogP contribution < -0.4 is 11.1 Å². The quantitative estimate of drug-likeness (QED) is 0.485. The molecule has 0 saturated carbocycles. The number of ether oxygens (including phenoxy) is 1. The summed E-state index contributed by atoms with van der Waals surface area (Å²) in [5.74, 6) is 0.0455. The minimum absolute atomic E-state index is 0.0455. The lowest BCUT2D eigenvalue weighted by Crippen LogP contribution is -2.59. The topological polar surface area (TPSA) is 70.8 Å². The van der Waals surface area contributed by atoms with Gasteiger partial charge < -0.3 is 15.8 Å². The fourth-order valence-electron chi connectivity index (χ4n) is 2.17. The largest absolute Gasteiger partial charge is 0.392 e. The molecule has 0 aliphatic carbocycles. The first-order valence-corrected chi connectivity index (χ1v) is 7.31. The molecule has 1 heterocycles. The highest BCUT2D eigenvalue weighted by molar-refractivity contribution is 7.80. The molecule has 1 amide bonds. The van der Waals surface area contributed by atoms with Crippen LogP contribution in [0.3, 0.4) is 0 Å². The van der Waals surface area contributed by atoms with Crippen LogP contribution in [0.15, 0.2) is 0 Å². The van der Waals surface area contributed by atoms with E-state index in [-0.39, 0.29) is 11.4 Å². The van der Waals surface area contributed by atoms with Crippen molar-refractivity contribution in [2.75, 3.05) is 53.0 Å². The van der Waals surface area contributed by atoms with Gasteiger partial charge in [-0.1, -0.05) is 12.2 Å². The lowest BCUT2D eigenvalue weighted by Gasteiger charge is -2.43. The summed E-state index contributed by atoms with van der Waals surface area (Å²) in [6, 6.07) is 0. The molecule has 1 fully saturated rings. The lowest BCUT2D eigenvalue weighted by atomic mass is 10.0. The van der Waals surface area contributed by atoms with Gasteiger partial charge in [-0.05, 0) is 13.8 Å². The minimum atomic E-state index is -0.262. The van der Waals surface area contributed by atoms with Gasteiger partial charge >= 0.3 is 0 Å². The Balaban J connectivity index is 2.32. The van der Waals surface area contributed by atoms with Crippen LogP contribution in [-0.4, -0.2) is 79.2 Å². The van der Waals surface area contributed by atoms with Crippen molar-refractivity contribution in [2.24, 2.45) is 5.73 Å². The number of hydrogen-bond acceptors (Lipinski definition) is 5. The van der Waals surface area contributed by atoms with Crippen LogP contribution in [0.25, 0.3) is 0 Å². The molecule has 6 nitrogen and oxygen atoms in total. The maximum Gasteiger partial charge on any atom is 0.234 e. The van der Waals surface area contributed by atoms with E-state index in [1.54, 1.807) is 7.11 Å². The molecule has 20 heavy (non-hydrogen) atoms. The molecule has 1 rings (SSSR count). The second-order valence-corrected chi connectivity index (χ2v) is 5.97. The van der Waals surface area contributed by atoms with E-state index in [9.17, 15) is 4.79 Å². The summed E-state index contributed by atoms with van der Waals surface area (Å²) < 4.78 is 4.90. The van der Waals surface area contributed by atoms with Crippen molar-refractivity contribution in [1.82, 2.24) is 15.1 Å². The third kappa shape index (κ3) is 4.97. The van der Waals surface area contributed by atoms with Crippen molar-refractivity contribution in [1.29, 1.82) is 0 Å². The van der Waals surface area contributed by atoms with Gasteiger partial charge in [-0.2, -0.15) is 0 Å². The van der Waals surface area contributed by atoms with Gasteiger partial charge in [-0.15, -0.1) is 0 Å². The van der Waals surface area contributed by atoms with E-state index >= 15 is 0 Å². The number of hydrogen-bond donors (Lipinski definition) is 2. The maximum absolute atomic E-state index is 11.7. The molecule has 0 aromatic carbocycles. The number of amides is 1. The highest BCUT2D eigenvalue weighted by Gasteiger charge is 2.32. The van der Waals surface area contributed by atoms with Crippen LogP contribution in [0.1, 0.15) is 13.8 Å². The minimum Gasteiger partial charge on any atom is -0.392 e. The molecule has 0 aromatic rings. The standard InChI is InChI=1S/C13H26N4O2S/c1-13(2,12(14)20)17-7-5-16(6-8-17)10-11(18)15-4-9-19-3/h4-10H2,1-3H3,(H2,14,20)(H,15,18). The van der Waals surface area contributed by atoms with Crippen molar-refractivity contribution in [3.63, 3.8) is 0 Å². The Bertz CT molecular complexity index is 341. The van der Waals surface area contributed by atoms with Crippen molar-refractivity contribution < 1.29 is 9.53 Å². The molecule has 7 heteroatoms. The summed E-state index contributed by atoms with van der Waals surface area (Å²) in [7, 11) is 1.62. The molecule has 1 aliphatic heterocycles. The van der Waals surface area contributed by atoms with Crippen LogP contribution in [0.5, 0.6) is 0 Å². The third-order valence-corrected chi connectivity index (χ3v) is 4.26. The van der Waals surface area contributed by atoms with E-state index in [2.05, 4.69) is 15.1 Å². The van der Waals surface area contributed by atoms with Gasteiger partial charge in [-0.25, -0.2) is 0 Å². The Labute approximate surface area is 126 Å². The predicted octanol–water partition coefficient (Wildman–Crippen LogP) is -0.569. The average Bonchev–Trinajstić information content (AvgIpc) is 2.39. The molecule has 3 N–H and O–H groups in total. The highest BCUT2D eigenvalue weighted by Crippen LogP contribution is 2.17. The number of thiocarbonyl (C=S) groups is 1. The Morgan fingerprint density at radius 3 is 2.45 bits per heavy atom. The summed E-state index contributed by atoms with van der Waals surface area (Å²) in [6.07, 6.45) is 0. The predicted molar refractivity (Wildman–Crippen MR) is 83.8 cm³/mol. The number of methoxy groups -OCH3 is 1. The number of carbonyl (C=O) groups excluding carboxylic acids is 1. The zero-order chi connectivity index (χ0) is 15.2. The van der Waals surface area contributed by atoms with Crippen LogP contribution >= 0.6 is 12.2 Å². The normalized spacial score (nSPS) is 17.9. The number of carbonyl (C=O) groups is 1. The third-order valence-electron chi connectivity index (χ3n) is 3.76. The van der Waals surface area contributed by atoms with E-state index in [0.717, 1.165) is 26.2 Å². The van der Waals surface area contributed by atoms with Gasteiger partial charge in [0, 0.05) is 39.8 Å². The van der Waals surface area contributed by atoms with Gasteiger partial charge in [0.1, 0.15) is 0 Å². The molecule has 0 aromatic heterocycles. The molecule has 0 unspecified atom stereocenters. The summed E-state index contributed by atoms with van der Waals surface area (Å²) in [4.78, 5) is 16.6. The number of nitrogens with two attached hydrogens (primary N) is 1. The zero-order valence-electron chi connectivity index (χ0n) is 12.6. The second-order valence-electron chi connectivity index (χ2n) is 5.53. The van der Waals surface area contributed by atoms with Gasteiger partial charge in [0.2, 0.25) is 5.91 Å². The summed E-state index contributed by atoms with van der Waals surface area (Å²) in [6.45, 7) is 9.07. The SMILES string of the molecule is COCCNC(=O)CN1CCN(C(C)(C)C(N)=S)CC1. The second kappa shape index (κ2) is 7.87. The molecule has 0 atom stereocenters. The van der Waals surface area contributed by atoms with E-state index in [4.69, 9.17) is 22.7 Å². The van der Waals surface area contributed by atoms with Gasteiger partial charge in [0.15, 0.2) is 0 Å². The van der Waals surface area contributed by atoms with Gasteiger partial charge in [0.25, 0.3) is 0 Å². The number of piperazine rings is 1. The Morgan fingerprint density at radius 1 is 1.35 bits per heavy atom. The summed E-state index contributed by atoms with van der Waals surface area (Å²) in [5.41, 5.74) is 5.52. The van der Waals surface area contributed by atoms with Gasteiger partial charge in [0.05, 0.1) is 23.7 Å². The Hall–Kier alpha value is -0.760. The molecular formula is C13H26N4O2S. The molecule has 1 aliphatic rings. The van der Waals surface area contributed by atoms with Crippen LogP contribution in [0.4, 0.5) is 0 Å². The fourth-order valence-corrected chi connectivity index (χ4v) is 2.30. The van der Waals surface area contributed by atoms with E-state index in [0.29, 0.717) is 24.7 Å². The first-order chi connectivity index (χ1) is 9.37. The van der Waals surface area contributed by atoms with E-state index in [1.807, 2.05) is 13.8 Å². The first-order valence-electron chi connectivity index (χ1n) is 6.91. The number of rotatable bonds is 7. The first kappa shape index (κ1) is 17.3.